The van der Waals surface area contributed by atoms with Crippen molar-refractivity contribution in [1.82, 2.24) is 0 Å². The zero-order valence-corrected chi connectivity index (χ0v) is 10.9. The molecule has 4 nitrogen and oxygen atoms in total. The van der Waals surface area contributed by atoms with Gasteiger partial charge in [0.05, 0.1) is 23.7 Å². The maximum Gasteiger partial charge on any atom is 0.155 e. The fourth-order valence-electron chi connectivity index (χ4n) is 1.93. The number of rotatable bonds is 2. The summed E-state index contributed by atoms with van der Waals surface area (Å²) in [7, 11) is -3.13. The Hall–Kier alpha value is -0.780. The smallest absolute Gasteiger partial charge is 0.155 e. The van der Waals surface area contributed by atoms with E-state index in [4.69, 9.17) is 11.6 Å². The summed E-state index contributed by atoms with van der Waals surface area (Å²) in [6.07, 6.45) is -0.863. The summed E-state index contributed by atoms with van der Waals surface area (Å²) in [6.45, 7) is 1.85. The molecular formula is C11H14ClNO3S. The topological polar surface area (TPSA) is 66.4 Å². The van der Waals surface area contributed by atoms with Crippen molar-refractivity contribution >= 4 is 27.1 Å². The van der Waals surface area contributed by atoms with E-state index in [1.54, 1.807) is 12.1 Å². The number of aliphatic hydroxyl groups excluding tert-OH is 1. The van der Waals surface area contributed by atoms with Gasteiger partial charge in [-0.05, 0) is 24.6 Å². The van der Waals surface area contributed by atoms with Gasteiger partial charge in [0.2, 0.25) is 0 Å². The van der Waals surface area contributed by atoms with Crippen LogP contribution in [0.4, 0.5) is 5.69 Å². The van der Waals surface area contributed by atoms with E-state index in [1.165, 1.54) is 0 Å². The van der Waals surface area contributed by atoms with E-state index < -0.39 is 22.0 Å². The van der Waals surface area contributed by atoms with E-state index in [9.17, 15) is 13.5 Å². The highest BCUT2D eigenvalue weighted by Crippen LogP contribution is 2.25. The first-order chi connectivity index (χ1) is 7.89. The number of sulfone groups is 1. The Morgan fingerprint density at radius 1 is 1.41 bits per heavy atom. The van der Waals surface area contributed by atoms with Crippen LogP contribution in [0.2, 0.25) is 5.02 Å². The molecule has 6 heteroatoms. The molecule has 0 unspecified atom stereocenters. The molecule has 0 bridgehead atoms. The molecule has 0 saturated carbocycles. The predicted octanol–water partition coefficient (Wildman–Crippen LogP) is 1.22. The van der Waals surface area contributed by atoms with Crippen LogP contribution in [-0.2, 0) is 9.84 Å². The Balaban J connectivity index is 2.20. The molecule has 17 heavy (non-hydrogen) atoms. The maximum absolute atomic E-state index is 11.4. The zero-order chi connectivity index (χ0) is 12.6. The fourth-order valence-corrected chi connectivity index (χ4v) is 3.85. The zero-order valence-electron chi connectivity index (χ0n) is 9.35. The lowest BCUT2D eigenvalue weighted by molar-refractivity contribution is 0.190. The molecule has 1 aliphatic heterocycles. The second-order valence-electron chi connectivity index (χ2n) is 4.31. The van der Waals surface area contributed by atoms with Gasteiger partial charge in [-0.3, -0.25) is 0 Å². The van der Waals surface area contributed by atoms with Gasteiger partial charge in [-0.2, -0.15) is 0 Å². The molecule has 0 spiro atoms. The van der Waals surface area contributed by atoms with Crippen LogP contribution in [0.1, 0.15) is 5.56 Å². The summed E-state index contributed by atoms with van der Waals surface area (Å²) in [5.74, 6) is -0.218. The Morgan fingerprint density at radius 2 is 2.12 bits per heavy atom. The molecule has 0 radical (unpaired) electrons. The van der Waals surface area contributed by atoms with Crippen LogP contribution in [0.5, 0.6) is 0 Å². The summed E-state index contributed by atoms with van der Waals surface area (Å²) < 4.78 is 22.7. The van der Waals surface area contributed by atoms with Crippen molar-refractivity contribution in [2.75, 3.05) is 16.8 Å². The Kier molecular flexibility index (Phi) is 3.34. The number of hydrogen-bond donors (Lipinski definition) is 2. The number of benzene rings is 1. The highest BCUT2D eigenvalue weighted by Gasteiger charge is 2.36. The predicted molar refractivity (Wildman–Crippen MR) is 68.3 cm³/mol. The van der Waals surface area contributed by atoms with Crippen LogP contribution in [0, 0.1) is 6.92 Å². The van der Waals surface area contributed by atoms with E-state index in [0.717, 1.165) is 11.3 Å². The SMILES string of the molecule is Cc1c(Cl)cccc1N[C@@H]1CS(=O)(=O)C[C@@H]1O. The average Bonchev–Trinajstić information content (AvgIpc) is 2.47. The van der Waals surface area contributed by atoms with Crippen molar-refractivity contribution in [3.63, 3.8) is 0 Å². The monoisotopic (exact) mass is 275 g/mol. The van der Waals surface area contributed by atoms with E-state index in [0.29, 0.717) is 5.02 Å². The first-order valence-electron chi connectivity index (χ1n) is 5.29. The molecule has 2 N–H and O–H groups in total. The number of hydrogen-bond acceptors (Lipinski definition) is 4. The Morgan fingerprint density at radius 3 is 2.71 bits per heavy atom. The van der Waals surface area contributed by atoms with Crippen LogP contribution in [0.3, 0.4) is 0 Å². The van der Waals surface area contributed by atoms with Crippen LogP contribution in [0.15, 0.2) is 18.2 Å². The minimum absolute atomic E-state index is 0.0415. The lowest BCUT2D eigenvalue weighted by Crippen LogP contribution is -2.32. The normalized spacial score (nSPS) is 27.0. The van der Waals surface area contributed by atoms with Gasteiger partial charge in [0, 0.05) is 10.7 Å². The van der Waals surface area contributed by atoms with Crippen molar-refractivity contribution in [3.8, 4) is 0 Å². The van der Waals surface area contributed by atoms with Crippen molar-refractivity contribution < 1.29 is 13.5 Å². The van der Waals surface area contributed by atoms with Gasteiger partial charge in [0.15, 0.2) is 9.84 Å². The van der Waals surface area contributed by atoms with Gasteiger partial charge in [-0.1, -0.05) is 17.7 Å². The van der Waals surface area contributed by atoms with Gasteiger partial charge in [-0.15, -0.1) is 0 Å². The standard InChI is InChI=1S/C11H14ClNO3S/c1-7-8(12)3-2-4-9(7)13-10-5-17(15,16)6-11(10)14/h2-4,10-11,13-14H,5-6H2,1H3/t10-,11+/m1/s1. The second-order valence-corrected chi connectivity index (χ2v) is 6.87. The molecule has 94 valence electrons. The third-order valence-electron chi connectivity index (χ3n) is 2.93. The number of nitrogens with one attached hydrogen (secondary N) is 1. The van der Waals surface area contributed by atoms with Crippen LogP contribution in [0.25, 0.3) is 0 Å². The molecule has 2 rings (SSSR count). The molecule has 1 saturated heterocycles. The molecular weight excluding hydrogens is 262 g/mol. The maximum atomic E-state index is 11.4. The average molecular weight is 276 g/mol. The van der Waals surface area contributed by atoms with Crippen LogP contribution < -0.4 is 5.32 Å². The Labute approximate surface area is 106 Å². The van der Waals surface area contributed by atoms with Gasteiger partial charge in [-0.25, -0.2) is 8.42 Å². The van der Waals surface area contributed by atoms with Gasteiger partial charge >= 0.3 is 0 Å². The molecule has 1 aromatic rings. The molecule has 0 aliphatic carbocycles. The lowest BCUT2D eigenvalue weighted by Gasteiger charge is -2.18. The fraction of sp³-hybridized carbons (Fsp3) is 0.455. The molecule has 1 aliphatic rings. The van der Waals surface area contributed by atoms with Crippen molar-refractivity contribution in [2.24, 2.45) is 0 Å². The van der Waals surface area contributed by atoms with Crippen molar-refractivity contribution in [2.45, 2.75) is 19.1 Å². The summed E-state index contributed by atoms with van der Waals surface area (Å²) >= 11 is 5.97. The van der Waals surface area contributed by atoms with Crippen molar-refractivity contribution in [3.05, 3.63) is 28.8 Å². The quantitative estimate of drug-likeness (QED) is 0.852. The summed E-state index contributed by atoms with van der Waals surface area (Å²) in [5.41, 5.74) is 1.62. The largest absolute Gasteiger partial charge is 0.390 e. The second kappa shape index (κ2) is 4.48. The van der Waals surface area contributed by atoms with E-state index in [1.807, 2.05) is 13.0 Å². The molecule has 0 aromatic heterocycles. The number of aliphatic hydroxyl groups is 1. The third kappa shape index (κ3) is 2.73. The van der Waals surface area contributed by atoms with E-state index >= 15 is 0 Å². The molecule has 2 atom stereocenters. The van der Waals surface area contributed by atoms with Crippen LogP contribution >= 0.6 is 11.6 Å². The number of halogens is 1. The minimum Gasteiger partial charge on any atom is -0.390 e. The highest BCUT2D eigenvalue weighted by atomic mass is 35.5. The van der Waals surface area contributed by atoms with Crippen molar-refractivity contribution in [1.29, 1.82) is 0 Å². The number of anilines is 1. The highest BCUT2D eigenvalue weighted by molar-refractivity contribution is 7.91. The van der Waals surface area contributed by atoms with E-state index in [-0.39, 0.29) is 11.5 Å². The molecule has 1 fully saturated rings. The first kappa shape index (κ1) is 12.7. The molecule has 0 amide bonds. The third-order valence-corrected chi connectivity index (χ3v) is 5.06. The first-order valence-corrected chi connectivity index (χ1v) is 7.49. The van der Waals surface area contributed by atoms with Gasteiger partial charge in [0.25, 0.3) is 0 Å². The Bertz CT molecular complexity index is 530. The summed E-state index contributed by atoms with van der Waals surface area (Å²) in [5, 5.41) is 13.3. The van der Waals surface area contributed by atoms with E-state index in [2.05, 4.69) is 5.32 Å². The molecule has 1 aromatic carbocycles. The minimum atomic E-state index is -3.13. The van der Waals surface area contributed by atoms with Gasteiger partial charge < -0.3 is 10.4 Å². The summed E-state index contributed by atoms with van der Waals surface area (Å²) in [4.78, 5) is 0. The lowest BCUT2D eigenvalue weighted by atomic mass is 10.1. The summed E-state index contributed by atoms with van der Waals surface area (Å²) in [6, 6.07) is 4.91. The van der Waals surface area contributed by atoms with Gasteiger partial charge in [0.1, 0.15) is 0 Å². The molecule has 1 heterocycles. The van der Waals surface area contributed by atoms with Crippen LogP contribution in [-0.4, -0.2) is 37.2 Å².